The van der Waals surface area contributed by atoms with E-state index >= 15 is 0 Å². The maximum atomic E-state index is 10.8. The number of ketones is 1. The number of ether oxygens (including phenoxy) is 1. The van der Waals surface area contributed by atoms with Crippen LogP contribution in [0.5, 0.6) is 0 Å². The molecule has 0 aliphatic heterocycles. The molecule has 1 aliphatic carbocycles. The number of rotatable bonds is 3. The van der Waals surface area contributed by atoms with Gasteiger partial charge in [0.15, 0.2) is 0 Å². The summed E-state index contributed by atoms with van der Waals surface area (Å²) in [5.41, 5.74) is 0. The van der Waals surface area contributed by atoms with Gasteiger partial charge in [-0.1, -0.05) is 0 Å². The lowest BCUT2D eigenvalue weighted by molar-refractivity contribution is -0.143. The number of methoxy groups -OCH3 is 1. The topological polar surface area (TPSA) is 92.7 Å². The number of hydrogen-bond donors (Lipinski definition) is 2. The maximum absolute atomic E-state index is 10.8. The lowest BCUT2D eigenvalue weighted by atomic mass is 9.78. The van der Waals surface area contributed by atoms with Crippen molar-refractivity contribution in [1.29, 1.82) is 0 Å². The Kier molecular flexibility index (Phi) is 3.06. The van der Waals surface area contributed by atoms with E-state index in [0.29, 0.717) is 0 Å². The first kappa shape index (κ1) is 10.5. The first-order valence-corrected chi connectivity index (χ1v) is 4.13. The normalized spacial score (nSPS) is 18.2. The van der Waals surface area contributed by atoms with Gasteiger partial charge in [-0.15, -0.1) is 0 Å². The Hall–Kier alpha value is -1.59. The zero-order valence-corrected chi connectivity index (χ0v) is 7.65. The highest BCUT2D eigenvalue weighted by atomic mass is 16.5. The maximum Gasteiger partial charge on any atom is 0.407 e. The highest BCUT2D eigenvalue weighted by Crippen LogP contribution is 2.26. The first-order chi connectivity index (χ1) is 6.54. The number of carbonyl (C=O) groups is 3. The average Bonchev–Trinajstić information content (AvgIpc) is 2.08. The van der Waals surface area contributed by atoms with Crippen molar-refractivity contribution >= 4 is 17.8 Å². The lowest BCUT2D eigenvalue weighted by Gasteiger charge is -2.29. The zero-order chi connectivity index (χ0) is 10.7. The Morgan fingerprint density at radius 3 is 2.50 bits per heavy atom. The van der Waals surface area contributed by atoms with Gasteiger partial charge < -0.3 is 15.2 Å². The van der Waals surface area contributed by atoms with Gasteiger partial charge in [-0.3, -0.25) is 4.79 Å². The molecule has 0 saturated heterocycles. The van der Waals surface area contributed by atoms with Gasteiger partial charge in [-0.25, -0.2) is 9.59 Å². The highest BCUT2D eigenvalue weighted by Gasteiger charge is 2.38. The summed E-state index contributed by atoms with van der Waals surface area (Å²) in [6, 6.07) is -1.03. The zero-order valence-electron chi connectivity index (χ0n) is 7.65. The number of amides is 1. The minimum Gasteiger partial charge on any atom is -0.480 e. The van der Waals surface area contributed by atoms with Gasteiger partial charge in [0.05, 0.1) is 7.11 Å². The van der Waals surface area contributed by atoms with Crippen LogP contribution in [0.1, 0.15) is 12.8 Å². The van der Waals surface area contributed by atoms with Gasteiger partial charge in [-0.05, 0) is 0 Å². The van der Waals surface area contributed by atoms with Crippen molar-refractivity contribution in [2.24, 2.45) is 5.92 Å². The van der Waals surface area contributed by atoms with Crippen LogP contribution in [0.3, 0.4) is 0 Å². The molecule has 0 aromatic carbocycles. The smallest absolute Gasteiger partial charge is 0.407 e. The van der Waals surface area contributed by atoms with Crippen LogP contribution < -0.4 is 5.32 Å². The van der Waals surface area contributed by atoms with E-state index in [0.717, 1.165) is 7.11 Å². The third kappa shape index (κ3) is 2.21. The van der Waals surface area contributed by atoms with Crippen LogP contribution in [-0.4, -0.2) is 36.1 Å². The summed E-state index contributed by atoms with van der Waals surface area (Å²) in [7, 11) is 1.15. The van der Waals surface area contributed by atoms with Crippen LogP contribution in [-0.2, 0) is 14.3 Å². The number of alkyl carbamates (subject to hydrolysis) is 1. The molecule has 0 aromatic heterocycles. The molecule has 78 valence electrons. The predicted octanol–water partition coefficient (Wildman–Crippen LogP) is -0.225. The molecule has 1 atom stereocenters. The molecule has 1 fully saturated rings. The van der Waals surface area contributed by atoms with Crippen LogP contribution in [0, 0.1) is 5.92 Å². The second kappa shape index (κ2) is 4.08. The van der Waals surface area contributed by atoms with Gasteiger partial charge in [0.2, 0.25) is 0 Å². The molecule has 2 N–H and O–H groups in total. The molecular formula is C8H11NO5. The van der Waals surface area contributed by atoms with Crippen molar-refractivity contribution in [3.63, 3.8) is 0 Å². The molecule has 1 aliphatic rings. The number of carbonyl (C=O) groups excluding carboxylic acids is 2. The largest absolute Gasteiger partial charge is 0.480 e. The van der Waals surface area contributed by atoms with Crippen LogP contribution in [0.25, 0.3) is 0 Å². The molecule has 6 nitrogen and oxygen atoms in total. The van der Waals surface area contributed by atoms with Crippen LogP contribution in [0.4, 0.5) is 4.79 Å². The van der Waals surface area contributed by atoms with Gasteiger partial charge in [0.25, 0.3) is 0 Å². The molecule has 0 aromatic rings. The molecule has 0 heterocycles. The van der Waals surface area contributed by atoms with E-state index in [4.69, 9.17) is 5.11 Å². The standard InChI is InChI=1S/C8H11NO5/c1-14-8(13)9-6(7(11)12)4-2-5(10)3-4/h4,6H,2-3H2,1H3,(H,9,13)(H,11,12). The Labute approximate surface area is 80.2 Å². The van der Waals surface area contributed by atoms with E-state index in [2.05, 4.69) is 10.1 Å². The Bertz CT molecular complexity index is 267. The molecule has 0 spiro atoms. The van der Waals surface area contributed by atoms with E-state index in [-0.39, 0.29) is 24.5 Å². The Morgan fingerprint density at radius 2 is 2.14 bits per heavy atom. The van der Waals surface area contributed by atoms with Gasteiger partial charge >= 0.3 is 12.1 Å². The summed E-state index contributed by atoms with van der Waals surface area (Å²) in [4.78, 5) is 32.1. The van der Waals surface area contributed by atoms with Crippen LogP contribution in [0.15, 0.2) is 0 Å². The molecule has 1 rings (SSSR count). The van der Waals surface area contributed by atoms with Gasteiger partial charge in [0, 0.05) is 18.8 Å². The summed E-state index contributed by atoms with van der Waals surface area (Å²) >= 11 is 0. The van der Waals surface area contributed by atoms with E-state index in [1.165, 1.54) is 0 Å². The number of carboxylic acid groups (broad SMARTS) is 1. The minimum atomic E-state index is -1.15. The quantitative estimate of drug-likeness (QED) is 0.658. The van der Waals surface area contributed by atoms with E-state index in [1.54, 1.807) is 0 Å². The van der Waals surface area contributed by atoms with E-state index in [9.17, 15) is 14.4 Å². The number of nitrogens with one attached hydrogen (secondary N) is 1. The van der Waals surface area contributed by atoms with Crippen molar-refractivity contribution < 1.29 is 24.2 Å². The fourth-order valence-electron chi connectivity index (χ4n) is 1.33. The molecule has 6 heteroatoms. The fourth-order valence-corrected chi connectivity index (χ4v) is 1.33. The summed E-state index contributed by atoms with van der Waals surface area (Å²) in [5, 5.41) is 10.9. The minimum absolute atomic E-state index is 0.0212. The summed E-state index contributed by atoms with van der Waals surface area (Å²) < 4.78 is 4.28. The van der Waals surface area contributed by atoms with Crippen molar-refractivity contribution in [2.45, 2.75) is 18.9 Å². The third-order valence-corrected chi connectivity index (χ3v) is 2.18. The van der Waals surface area contributed by atoms with Crippen molar-refractivity contribution in [3.05, 3.63) is 0 Å². The second-order valence-corrected chi connectivity index (χ2v) is 3.16. The van der Waals surface area contributed by atoms with Gasteiger partial charge in [-0.2, -0.15) is 0 Å². The average molecular weight is 201 g/mol. The number of aliphatic carboxylic acids is 1. The molecular weight excluding hydrogens is 190 g/mol. The van der Waals surface area contributed by atoms with Crippen molar-refractivity contribution in [3.8, 4) is 0 Å². The van der Waals surface area contributed by atoms with Crippen molar-refractivity contribution in [1.82, 2.24) is 5.32 Å². The Morgan fingerprint density at radius 1 is 1.57 bits per heavy atom. The monoisotopic (exact) mass is 201 g/mol. The molecule has 1 saturated carbocycles. The van der Waals surface area contributed by atoms with E-state index in [1.807, 2.05) is 0 Å². The predicted molar refractivity (Wildman–Crippen MR) is 44.7 cm³/mol. The molecule has 14 heavy (non-hydrogen) atoms. The van der Waals surface area contributed by atoms with Crippen LogP contribution in [0.2, 0.25) is 0 Å². The summed E-state index contributed by atoms with van der Waals surface area (Å²) in [6.07, 6.45) is -0.376. The number of hydrogen-bond acceptors (Lipinski definition) is 4. The third-order valence-electron chi connectivity index (χ3n) is 2.18. The van der Waals surface area contributed by atoms with Gasteiger partial charge in [0.1, 0.15) is 11.8 Å². The second-order valence-electron chi connectivity index (χ2n) is 3.16. The SMILES string of the molecule is COC(=O)NC(C(=O)O)C1CC(=O)C1. The Balaban J connectivity index is 2.52. The summed E-state index contributed by atoms with van der Waals surface area (Å²) in [6.45, 7) is 0. The number of Topliss-reactive ketones (excluding diaryl/α,β-unsaturated/α-hetero) is 1. The fraction of sp³-hybridized carbons (Fsp3) is 0.625. The lowest BCUT2D eigenvalue weighted by Crippen LogP contribution is -2.50. The van der Waals surface area contributed by atoms with E-state index < -0.39 is 18.1 Å². The molecule has 1 amide bonds. The van der Waals surface area contributed by atoms with Crippen LogP contribution >= 0.6 is 0 Å². The van der Waals surface area contributed by atoms with Crippen molar-refractivity contribution in [2.75, 3.05) is 7.11 Å². The molecule has 0 bridgehead atoms. The summed E-state index contributed by atoms with van der Waals surface area (Å²) in [5.74, 6) is -1.43. The molecule has 0 radical (unpaired) electrons. The number of carboxylic acids is 1. The highest BCUT2D eigenvalue weighted by molar-refractivity contribution is 5.89. The first-order valence-electron chi connectivity index (χ1n) is 4.13. The molecule has 1 unspecified atom stereocenters.